The smallest absolute Gasteiger partial charge is 0.266 e. The fourth-order valence-electron chi connectivity index (χ4n) is 2.88. The van der Waals surface area contributed by atoms with Crippen molar-refractivity contribution in [2.75, 3.05) is 11.4 Å². The van der Waals surface area contributed by atoms with E-state index >= 15 is 0 Å². The van der Waals surface area contributed by atoms with Crippen LogP contribution in [0.3, 0.4) is 0 Å². The molecule has 3 aromatic rings. The molecule has 4 rings (SSSR count). The van der Waals surface area contributed by atoms with Gasteiger partial charge < -0.3 is 4.90 Å². The maximum absolute atomic E-state index is 11.8. The van der Waals surface area contributed by atoms with Crippen molar-refractivity contribution < 1.29 is 0 Å². The van der Waals surface area contributed by atoms with Crippen molar-refractivity contribution in [1.82, 2.24) is 29.5 Å². The van der Waals surface area contributed by atoms with Crippen molar-refractivity contribution in [2.45, 2.75) is 13.0 Å². The number of aromatic nitrogens is 6. The molecule has 112 valence electrons. The van der Waals surface area contributed by atoms with E-state index in [4.69, 9.17) is 0 Å². The molecule has 0 fully saturated rings. The van der Waals surface area contributed by atoms with Crippen LogP contribution >= 0.6 is 0 Å². The van der Waals surface area contributed by atoms with Crippen molar-refractivity contribution in [3.63, 3.8) is 0 Å². The van der Waals surface area contributed by atoms with Crippen LogP contribution in [0, 0.1) is 0 Å². The summed E-state index contributed by atoms with van der Waals surface area (Å²) in [7, 11) is 3.54. The summed E-state index contributed by atoms with van der Waals surface area (Å²) in [5.74, 6) is 0.851. The maximum atomic E-state index is 11.8. The molecule has 8 heteroatoms. The number of anilines is 1. The fourth-order valence-corrected chi connectivity index (χ4v) is 2.88. The Kier molecular flexibility index (Phi) is 2.72. The van der Waals surface area contributed by atoms with E-state index in [1.165, 1.54) is 4.68 Å². The molecule has 0 unspecified atom stereocenters. The molecule has 0 atom stereocenters. The minimum atomic E-state index is -0.0881. The van der Waals surface area contributed by atoms with Crippen molar-refractivity contribution in [1.29, 1.82) is 0 Å². The molecule has 3 aromatic heterocycles. The van der Waals surface area contributed by atoms with Crippen LogP contribution in [0.2, 0.25) is 0 Å². The van der Waals surface area contributed by atoms with E-state index in [0.717, 1.165) is 41.1 Å². The third kappa shape index (κ3) is 1.87. The molecule has 0 saturated carbocycles. The molecule has 4 heterocycles. The minimum Gasteiger partial charge on any atom is -0.351 e. The molecule has 0 N–H and O–H groups in total. The Bertz CT molecular complexity index is 927. The first kappa shape index (κ1) is 12.9. The van der Waals surface area contributed by atoms with Gasteiger partial charge in [0, 0.05) is 45.2 Å². The van der Waals surface area contributed by atoms with Gasteiger partial charge in [-0.2, -0.15) is 10.2 Å². The van der Waals surface area contributed by atoms with Crippen LogP contribution in [0.15, 0.2) is 23.4 Å². The highest BCUT2D eigenvalue weighted by Gasteiger charge is 2.22. The van der Waals surface area contributed by atoms with Gasteiger partial charge in [-0.15, -0.1) is 0 Å². The fraction of sp³-hybridized carbons (Fsp3) is 0.357. The van der Waals surface area contributed by atoms with E-state index in [2.05, 4.69) is 25.1 Å². The van der Waals surface area contributed by atoms with E-state index < -0.39 is 0 Å². The van der Waals surface area contributed by atoms with Crippen molar-refractivity contribution >= 4 is 16.9 Å². The number of fused-ring (bicyclic) bond motifs is 2. The predicted octanol–water partition coefficient (Wildman–Crippen LogP) is 0.0197. The van der Waals surface area contributed by atoms with Gasteiger partial charge in [-0.05, 0) is 0 Å². The zero-order valence-corrected chi connectivity index (χ0v) is 12.4. The number of nitrogens with zero attached hydrogens (tertiary/aromatic N) is 7. The molecule has 0 aromatic carbocycles. The average Bonchev–Trinajstić information content (AvgIpc) is 2.90. The van der Waals surface area contributed by atoms with E-state index in [-0.39, 0.29) is 5.56 Å². The average molecular weight is 297 g/mol. The number of hydrogen-bond acceptors (Lipinski definition) is 6. The molecule has 0 saturated heterocycles. The molecule has 0 radical (unpaired) electrons. The first-order valence-electron chi connectivity index (χ1n) is 7.07. The normalized spacial score (nSPS) is 14.4. The van der Waals surface area contributed by atoms with Gasteiger partial charge in [-0.1, -0.05) is 0 Å². The number of aryl methyl sites for hydroxylation is 2. The second-order valence-electron chi connectivity index (χ2n) is 5.45. The summed E-state index contributed by atoms with van der Waals surface area (Å²) in [6.07, 6.45) is 4.12. The van der Waals surface area contributed by atoms with Crippen LogP contribution in [0.1, 0.15) is 11.3 Å². The molecule has 0 aliphatic carbocycles. The SMILES string of the molecule is Cn1nc2c(cc1=O)CN(c1ncnc3c1cnn3C)CC2. The Hall–Kier alpha value is -2.77. The highest BCUT2D eigenvalue weighted by molar-refractivity contribution is 5.86. The maximum Gasteiger partial charge on any atom is 0.266 e. The monoisotopic (exact) mass is 297 g/mol. The summed E-state index contributed by atoms with van der Waals surface area (Å²) < 4.78 is 3.12. The molecule has 0 amide bonds. The third-order valence-electron chi connectivity index (χ3n) is 4.05. The quantitative estimate of drug-likeness (QED) is 0.630. The Labute approximate surface area is 126 Å². The van der Waals surface area contributed by atoms with Crippen molar-refractivity contribution in [3.8, 4) is 0 Å². The second kappa shape index (κ2) is 4.62. The van der Waals surface area contributed by atoms with Crippen molar-refractivity contribution in [3.05, 3.63) is 40.2 Å². The Morgan fingerprint density at radius 2 is 2.05 bits per heavy atom. The zero-order valence-electron chi connectivity index (χ0n) is 12.4. The van der Waals surface area contributed by atoms with Crippen molar-refractivity contribution in [2.24, 2.45) is 14.1 Å². The lowest BCUT2D eigenvalue weighted by atomic mass is 10.1. The Balaban J connectivity index is 1.78. The van der Waals surface area contributed by atoms with Gasteiger partial charge in [0.2, 0.25) is 0 Å². The molecular formula is C14H15N7O. The molecule has 0 spiro atoms. The largest absolute Gasteiger partial charge is 0.351 e. The van der Waals surface area contributed by atoms with E-state index in [1.54, 1.807) is 30.3 Å². The Morgan fingerprint density at radius 1 is 1.18 bits per heavy atom. The minimum absolute atomic E-state index is 0.0881. The van der Waals surface area contributed by atoms with Gasteiger partial charge in [0.05, 0.1) is 17.3 Å². The molecule has 8 nitrogen and oxygen atoms in total. The number of rotatable bonds is 1. The van der Waals surface area contributed by atoms with Crippen LogP contribution in [-0.4, -0.2) is 36.1 Å². The van der Waals surface area contributed by atoms with Gasteiger partial charge in [0.1, 0.15) is 12.1 Å². The standard InChI is InChI=1S/C14H15N7O/c1-19-12(22)5-9-7-21(4-3-11(9)18-19)14-10-6-17-20(2)13(10)15-8-16-14/h5-6,8H,3-4,7H2,1-2H3. The predicted molar refractivity (Wildman–Crippen MR) is 80.5 cm³/mol. The van der Waals surface area contributed by atoms with Gasteiger partial charge in [0.15, 0.2) is 5.65 Å². The highest BCUT2D eigenvalue weighted by Crippen LogP contribution is 2.26. The summed E-state index contributed by atoms with van der Waals surface area (Å²) >= 11 is 0. The lowest BCUT2D eigenvalue weighted by Crippen LogP contribution is -2.34. The van der Waals surface area contributed by atoms with Gasteiger partial charge >= 0.3 is 0 Å². The third-order valence-corrected chi connectivity index (χ3v) is 4.05. The Morgan fingerprint density at radius 3 is 2.91 bits per heavy atom. The topological polar surface area (TPSA) is 81.7 Å². The van der Waals surface area contributed by atoms with Crippen LogP contribution in [0.4, 0.5) is 5.82 Å². The van der Waals surface area contributed by atoms with Crippen LogP contribution in [0.5, 0.6) is 0 Å². The van der Waals surface area contributed by atoms with Gasteiger partial charge in [-0.25, -0.2) is 14.6 Å². The summed E-state index contributed by atoms with van der Waals surface area (Å²) in [5, 5.41) is 9.50. The van der Waals surface area contributed by atoms with Gasteiger partial charge in [0.25, 0.3) is 5.56 Å². The van der Waals surface area contributed by atoms with Crippen LogP contribution in [0.25, 0.3) is 11.0 Å². The lowest BCUT2D eigenvalue weighted by molar-refractivity contribution is 0.623. The van der Waals surface area contributed by atoms with Crippen LogP contribution in [-0.2, 0) is 27.1 Å². The molecular weight excluding hydrogens is 282 g/mol. The first-order valence-corrected chi connectivity index (χ1v) is 7.07. The number of hydrogen-bond donors (Lipinski definition) is 0. The van der Waals surface area contributed by atoms with E-state index in [0.29, 0.717) is 6.54 Å². The lowest BCUT2D eigenvalue weighted by Gasteiger charge is -2.29. The summed E-state index contributed by atoms with van der Waals surface area (Å²) in [6.45, 7) is 1.43. The van der Waals surface area contributed by atoms with E-state index in [1.807, 2.05) is 7.05 Å². The second-order valence-corrected chi connectivity index (χ2v) is 5.45. The first-order chi connectivity index (χ1) is 10.6. The summed E-state index contributed by atoms with van der Waals surface area (Å²) in [4.78, 5) is 22.6. The molecule has 1 aliphatic heterocycles. The van der Waals surface area contributed by atoms with Crippen LogP contribution < -0.4 is 10.5 Å². The molecule has 1 aliphatic rings. The van der Waals surface area contributed by atoms with Gasteiger partial charge in [-0.3, -0.25) is 9.48 Å². The summed E-state index contributed by atoms with van der Waals surface area (Å²) in [6, 6.07) is 1.66. The highest BCUT2D eigenvalue weighted by atomic mass is 16.1. The zero-order chi connectivity index (χ0) is 15.3. The summed E-state index contributed by atoms with van der Waals surface area (Å²) in [5.41, 5.74) is 2.66. The van der Waals surface area contributed by atoms with E-state index in [9.17, 15) is 4.79 Å². The molecule has 0 bridgehead atoms. The molecule has 22 heavy (non-hydrogen) atoms.